The molecule has 1 amide bonds. The fraction of sp³-hybridized carbons (Fsp3) is 0.474. The third-order valence-corrected chi connectivity index (χ3v) is 3.99. The molecular formula is C19H25NO4. The van der Waals surface area contributed by atoms with Gasteiger partial charge in [-0.25, -0.2) is 4.79 Å². The third-order valence-electron chi connectivity index (χ3n) is 3.99. The molecule has 0 unspecified atom stereocenters. The molecular weight excluding hydrogens is 306 g/mol. The van der Waals surface area contributed by atoms with E-state index in [2.05, 4.69) is 13.8 Å². The number of carbonyl (C=O) groups is 2. The maximum atomic E-state index is 12.2. The summed E-state index contributed by atoms with van der Waals surface area (Å²) in [5.74, 6) is -0.441. The van der Waals surface area contributed by atoms with Crippen LogP contribution in [0.25, 0.3) is 6.08 Å². The van der Waals surface area contributed by atoms with Gasteiger partial charge < -0.3 is 14.7 Å². The number of hydrogen-bond donors (Lipinski definition) is 1. The molecule has 1 N–H and O–H groups in total. The first-order chi connectivity index (χ1) is 11.5. The van der Waals surface area contributed by atoms with E-state index in [-0.39, 0.29) is 17.6 Å². The van der Waals surface area contributed by atoms with E-state index in [9.17, 15) is 9.59 Å². The number of piperidine rings is 1. The molecule has 5 heteroatoms. The van der Waals surface area contributed by atoms with Gasteiger partial charge in [-0.15, -0.1) is 0 Å². The van der Waals surface area contributed by atoms with Gasteiger partial charge in [-0.2, -0.15) is 0 Å². The molecule has 0 spiro atoms. The smallest absolute Gasteiger partial charge is 0.335 e. The van der Waals surface area contributed by atoms with E-state index >= 15 is 0 Å². The number of carboxylic acids is 1. The van der Waals surface area contributed by atoms with E-state index in [1.807, 2.05) is 4.90 Å². The summed E-state index contributed by atoms with van der Waals surface area (Å²) in [6.45, 7) is 6.46. The number of carboxylic acid groups (broad SMARTS) is 1. The largest absolute Gasteiger partial charge is 0.478 e. The number of carbonyl (C=O) groups excluding carboxylic acids is 1. The first-order valence-corrected chi connectivity index (χ1v) is 8.37. The topological polar surface area (TPSA) is 66.8 Å². The van der Waals surface area contributed by atoms with E-state index < -0.39 is 5.97 Å². The molecule has 1 aliphatic heterocycles. The summed E-state index contributed by atoms with van der Waals surface area (Å²) in [5, 5.41) is 8.86. The maximum absolute atomic E-state index is 12.2. The molecule has 1 aromatic carbocycles. The minimum Gasteiger partial charge on any atom is -0.478 e. The zero-order chi connectivity index (χ0) is 17.5. The number of ether oxygens (including phenoxy) is 1. The van der Waals surface area contributed by atoms with Gasteiger partial charge in [0.15, 0.2) is 0 Å². The average molecular weight is 331 g/mol. The lowest BCUT2D eigenvalue weighted by molar-refractivity contribution is -0.128. The standard InChI is InChI=1S/C19H25NO4/c1-14(2)13-24-17-9-11-20(12-10-17)18(21)8-5-15-3-6-16(7-4-15)19(22)23/h3-8,14,17H,9-13H2,1-2H3,(H,22,23)/b8-5+. The van der Waals surface area contributed by atoms with Crippen molar-refractivity contribution in [2.75, 3.05) is 19.7 Å². The molecule has 0 saturated carbocycles. The zero-order valence-corrected chi connectivity index (χ0v) is 14.3. The Hall–Kier alpha value is -2.14. The number of nitrogens with zero attached hydrogens (tertiary/aromatic N) is 1. The number of likely N-dealkylation sites (tertiary alicyclic amines) is 1. The molecule has 0 radical (unpaired) electrons. The van der Waals surface area contributed by atoms with Crippen LogP contribution in [0, 0.1) is 5.92 Å². The summed E-state index contributed by atoms with van der Waals surface area (Å²) in [4.78, 5) is 24.9. The normalized spacial score (nSPS) is 16.0. The van der Waals surface area contributed by atoms with Crippen LogP contribution in [0.5, 0.6) is 0 Å². The van der Waals surface area contributed by atoms with Crippen LogP contribution in [-0.4, -0.2) is 47.7 Å². The molecule has 1 fully saturated rings. The summed E-state index contributed by atoms with van der Waals surface area (Å²) in [7, 11) is 0. The van der Waals surface area contributed by atoms with Crippen molar-refractivity contribution in [3.05, 3.63) is 41.5 Å². The molecule has 0 atom stereocenters. The van der Waals surface area contributed by atoms with Crippen molar-refractivity contribution in [1.29, 1.82) is 0 Å². The maximum Gasteiger partial charge on any atom is 0.335 e. The van der Waals surface area contributed by atoms with E-state index in [0.717, 1.165) is 25.0 Å². The fourth-order valence-corrected chi connectivity index (χ4v) is 2.58. The molecule has 1 heterocycles. The molecule has 1 aliphatic rings. The van der Waals surface area contributed by atoms with Gasteiger partial charge in [-0.1, -0.05) is 26.0 Å². The van der Waals surface area contributed by atoms with Crippen molar-refractivity contribution in [3.8, 4) is 0 Å². The summed E-state index contributed by atoms with van der Waals surface area (Å²) >= 11 is 0. The Kier molecular flexibility index (Phi) is 6.55. The van der Waals surface area contributed by atoms with Crippen molar-refractivity contribution in [1.82, 2.24) is 4.90 Å². The van der Waals surface area contributed by atoms with Gasteiger partial charge in [0.1, 0.15) is 0 Å². The lowest BCUT2D eigenvalue weighted by atomic mass is 10.1. The Bertz CT molecular complexity index is 584. The van der Waals surface area contributed by atoms with E-state index in [1.165, 1.54) is 12.1 Å². The minimum absolute atomic E-state index is 0.0142. The molecule has 0 bridgehead atoms. The highest BCUT2D eigenvalue weighted by atomic mass is 16.5. The first-order valence-electron chi connectivity index (χ1n) is 8.37. The Morgan fingerprint density at radius 3 is 2.42 bits per heavy atom. The molecule has 1 aromatic rings. The van der Waals surface area contributed by atoms with E-state index in [1.54, 1.807) is 24.3 Å². The highest BCUT2D eigenvalue weighted by molar-refractivity contribution is 5.92. The van der Waals surface area contributed by atoms with Crippen molar-refractivity contribution in [2.24, 2.45) is 5.92 Å². The third kappa shape index (κ3) is 5.49. The Morgan fingerprint density at radius 2 is 1.88 bits per heavy atom. The van der Waals surface area contributed by atoms with E-state index in [4.69, 9.17) is 9.84 Å². The van der Waals surface area contributed by atoms with Crippen molar-refractivity contribution in [3.63, 3.8) is 0 Å². The summed E-state index contributed by atoms with van der Waals surface area (Å²) < 4.78 is 5.83. The second-order valence-electron chi connectivity index (χ2n) is 6.51. The SMILES string of the molecule is CC(C)COC1CCN(C(=O)/C=C/c2ccc(C(=O)O)cc2)CC1. The fourth-order valence-electron chi connectivity index (χ4n) is 2.58. The van der Waals surface area contributed by atoms with Crippen molar-refractivity contribution in [2.45, 2.75) is 32.8 Å². The van der Waals surface area contributed by atoms with Crippen LogP contribution < -0.4 is 0 Å². The lowest BCUT2D eigenvalue weighted by Crippen LogP contribution is -2.40. The Balaban J connectivity index is 1.81. The Labute approximate surface area is 142 Å². The first kappa shape index (κ1) is 18.2. The second kappa shape index (κ2) is 8.64. The lowest BCUT2D eigenvalue weighted by Gasteiger charge is -2.31. The number of amides is 1. The quantitative estimate of drug-likeness (QED) is 0.814. The highest BCUT2D eigenvalue weighted by Gasteiger charge is 2.22. The van der Waals surface area contributed by atoms with Crippen LogP contribution in [0.4, 0.5) is 0 Å². The van der Waals surface area contributed by atoms with Crippen LogP contribution in [0.15, 0.2) is 30.3 Å². The zero-order valence-electron chi connectivity index (χ0n) is 14.3. The molecule has 24 heavy (non-hydrogen) atoms. The summed E-state index contributed by atoms with van der Waals surface area (Å²) in [5.41, 5.74) is 1.05. The minimum atomic E-state index is -0.954. The molecule has 0 aromatic heterocycles. The summed E-state index contributed by atoms with van der Waals surface area (Å²) in [6.07, 6.45) is 5.27. The number of aromatic carboxylic acids is 1. The van der Waals surface area contributed by atoms with Crippen LogP contribution in [0.1, 0.15) is 42.6 Å². The predicted octanol–water partition coefficient (Wildman–Crippen LogP) is 3.06. The highest BCUT2D eigenvalue weighted by Crippen LogP contribution is 2.15. The molecule has 2 rings (SSSR count). The number of rotatable bonds is 6. The Morgan fingerprint density at radius 1 is 1.25 bits per heavy atom. The van der Waals surface area contributed by atoms with Gasteiger partial charge in [-0.05, 0) is 42.5 Å². The average Bonchev–Trinajstić information content (AvgIpc) is 2.58. The van der Waals surface area contributed by atoms with Gasteiger partial charge in [0.05, 0.1) is 11.7 Å². The summed E-state index contributed by atoms with van der Waals surface area (Å²) in [6, 6.07) is 6.45. The van der Waals surface area contributed by atoms with Crippen molar-refractivity contribution < 1.29 is 19.4 Å². The van der Waals surface area contributed by atoms with Crippen molar-refractivity contribution >= 4 is 18.0 Å². The molecule has 130 valence electrons. The monoisotopic (exact) mass is 331 g/mol. The van der Waals surface area contributed by atoms with Gasteiger partial charge in [-0.3, -0.25) is 4.79 Å². The van der Waals surface area contributed by atoms with Gasteiger partial charge >= 0.3 is 5.97 Å². The van der Waals surface area contributed by atoms with Crippen LogP contribution in [0.3, 0.4) is 0 Å². The molecule has 1 saturated heterocycles. The van der Waals surface area contributed by atoms with Crippen LogP contribution in [-0.2, 0) is 9.53 Å². The van der Waals surface area contributed by atoms with Gasteiger partial charge in [0.25, 0.3) is 0 Å². The number of benzene rings is 1. The number of hydrogen-bond acceptors (Lipinski definition) is 3. The van der Waals surface area contributed by atoms with Crippen LogP contribution >= 0.6 is 0 Å². The second-order valence-corrected chi connectivity index (χ2v) is 6.51. The molecule has 0 aliphatic carbocycles. The molecule has 5 nitrogen and oxygen atoms in total. The van der Waals surface area contributed by atoms with Gasteiger partial charge in [0, 0.05) is 25.8 Å². The predicted molar refractivity (Wildman–Crippen MR) is 92.8 cm³/mol. The van der Waals surface area contributed by atoms with Crippen LogP contribution in [0.2, 0.25) is 0 Å². The van der Waals surface area contributed by atoms with E-state index in [0.29, 0.717) is 19.0 Å². The van der Waals surface area contributed by atoms with Gasteiger partial charge in [0.2, 0.25) is 5.91 Å².